The Bertz CT molecular complexity index is 1220. The minimum Gasteiger partial charge on any atom is -0.494 e. The average molecular weight is 493 g/mol. The van der Waals surface area contributed by atoms with Gasteiger partial charge in [0.25, 0.3) is 10.0 Å². The van der Waals surface area contributed by atoms with Crippen LogP contribution in [0.1, 0.15) is 12.8 Å². The van der Waals surface area contributed by atoms with Gasteiger partial charge in [0.2, 0.25) is 5.91 Å². The molecule has 1 atom stereocenters. The summed E-state index contributed by atoms with van der Waals surface area (Å²) in [6, 6.07) is 8.60. The molecule has 1 aromatic carbocycles. The lowest BCUT2D eigenvalue weighted by Crippen LogP contribution is -2.54. The fourth-order valence-electron chi connectivity index (χ4n) is 4.34. The van der Waals surface area contributed by atoms with E-state index >= 15 is 0 Å². The van der Waals surface area contributed by atoms with Crippen molar-refractivity contribution < 1.29 is 17.9 Å². The van der Waals surface area contributed by atoms with Crippen molar-refractivity contribution in [1.82, 2.24) is 14.2 Å². The third-order valence-electron chi connectivity index (χ3n) is 6.00. The number of thiophene rings is 1. The Morgan fingerprint density at radius 3 is 2.66 bits per heavy atom. The zero-order valence-corrected chi connectivity index (χ0v) is 20.1. The summed E-state index contributed by atoms with van der Waals surface area (Å²) >= 11 is 2.81. The highest BCUT2D eigenvalue weighted by molar-refractivity contribution is 7.91. The number of fused-ring (bicyclic) bond motifs is 1. The molecular formula is C21H24N4O4S3. The van der Waals surface area contributed by atoms with Crippen LogP contribution in [0.4, 0.5) is 5.13 Å². The zero-order chi connectivity index (χ0) is 22.3. The highest BCUT2D eigenvalue weighted by Crippen LogP contribution is 2.35. The SMILES string of the molecule is COc1cccc2sc(N3CCN(C(=O)[C@@H]4CCCN4S(=O)(=O)c4cccs4)CC3)nc12. The summed E-state index contributed by atoms with van der Waals surface area (Å²) in [5.74, 6) is 0.667. The Hall–Kier alpha value is -2.21. The summed E-state index contributed by atoms with van der Waals surface area (Å²) in [5, 5.41) is 2.66. The first-order valence-corrected chi connectivity index (χ1v) is 13.7. The molecule has 2 fully saturated rings. The highest BCUT2D eigenvalue weighted by atomic mass is 32.2. The minimum absolute atomic E-state index is 0.0896. The molecule has 1 amide bonds. The molecule has 170 valence electrons. The van der Waals surface area contributed by atoms with Crippen LogP contribution in [0.5, 0.6) is 5.75 Å². The molecule has 0 saturated carbocycles. The smallest absolute Gasteiger partial charge is 0.253 e. The summed E-state index contributed by atoms with van der Waals surface area (Å²) in [6.07, 6.45) is 1.27. The molecule has 0 radical (unpaired) electrons. The van der Waals surface area contributed by atoms with Gasteiger partial charge in [0.1, 0.15) is 21.5 Å². The van der Waals surface area contributed by atoms with Gasteiger partial charge in [0.15, 0.2) is 5.13 Å². The van der Waals surface area contributed by atoms with Crippen LogP contribution in [-0.4, -0.2) is 74.4 Å². The number of ether oxygens (including phenoxy) is 1. The van der Waals surface area contributed by atoms with Gasteiger partial charge in [-0.05, 0) is 36.4 Å². The molecule has 32 heavy (non-hydrogen) atoms. The Labute approximate surface area is 195 Å². The van der Waals surface area contributed by atoms with Crippen LogP contribution in [0.2, 0.25) is 0 Å². The monoisotopic (exact) mass is 492 g/mol. The lowest BCUT2D eigenvalue weighted by molar-refractivity contribution is -0.134. The van der Waals surface area contributed by atoms with Gasteiger partial charge in [-0.1, -0.05) is 23.5 Å². The van der Waals surface area contributed by atoms with Crippen molar-refractivity contribution in [2.45, 2.75) is 23.1 Å². The van der Waals surface area contributed by atoms with Gasteiger partial charge < -0.3 is 14.5 Å². The Morgan fingerprint density at radius 1 is 1.12 bits per heavy atom. The topological polar surface area (TPSA) is 83.0 Å². The number of rotatable bonds is 5. The predicted octanol–water partition coefficient (Wildman–Crippen LogP) is 2.87. The van der Waals surface area contributed by atoms with Crippen molar-refractivity contribution in [3.8, 4) is 5.75 Å². The van der Waals surface area contributed by atoms with Crippen LogP contribution in [0.25, 0.3) is 10.2 Å². The second kappa shape index (κ2) is 8.62. The number of methoxy groups -OCH3 is 1. The van der Waals surface area contributed by atoms with E-state index in [0.29, 0.717) is 49.8 Å². The maximum absolute atomic E-state index is 13.3. The molecule has 0 aliphatic carbocycles. The number of hydrogen-bond acceptors (Lipinski definition) is 8. The van der Waals surface area contributed by atoms with E-state index in [4.69, 9.17) is 9.72 Å². The van der Waals surface area contributed by atoms with Gasteiger partial charge in [-0.3, -0.25) is 4.79 Å². The van der Waals surface area contributed by atoms with Crippen LogP contribution in [0.15, 0.2) is 39.9 Å². The third-order valence-corrected chi connectivity index (χ3v) is 10.4. The lowest BCUT2D eigenvalue weighted by Gasteiger charge is -2.37. The second-order valence-corrected chi connectivity index (χ2v) is 11.9. The first-order chi connectivity index (χ1) is 15.5. The molecule has 0 bridgehead atoms. The number of thiazole rings is 1. The number of carbonyl (C=O) groups is 1. The van der Waals surface area contributed by atoms with Gasteiger partial charge in [-0.2, -0.15) is 4.31 Å². The fraction of sp³-hybridized carbons (Fsp3) is 0.429. The molecule has 8 nitrogen and oxygen atoms in total. The van der Waals surface area contributed by atoms with Crippen molar-refractivity contribution in [3.05, 3.63) is 35.7 Å². The first kappa shape index (κ1) is 21.6. The van der Waals surface area contributed by atoms with Gasteiger partial charge in [-0.15, -0.1) is 11.3 Å². The van der Waals surface area contributed by atoms with E-state index in [1.165, 1.54) is 15.6 Å². The number of carbonyl (C=O) groups excluding carboxylic acids is 1. The molecule has 2 aliphatic rings. The van der Waals surface area contributed by atoms with Crippen LogP contribution in [0, 0.1) is 0 Å². The number of amides is 1. The largest absolute Gasteiger partial charge is 0.494 e. The lowest BCUT2D eigenvalue weighted by atomic mass is 10.2. The van der Waals surface area contributed by atoms with Gasteiger partial charge >= 0.3 is 0 Å². The van der Waals surface area contributed by atoms with E-state index in [2.05, 4.69) is 4.90 Å². The number of aromatic nitrogens is 1. The van der Waals surface area contributed by atoms with Gasteiger partial charge in [0, 0.05) is 32.7 Å². The highest BCUT2D eigenvalue weighted by Gasteiger charge is 2.42. The maximum Gasteiger partial charge on any atom is 0.253 e. The molecule has 0 spiro atoms. The predicted molar refractivity (Wildman–Crippen MR) is 126 cm³/mol. The van der Waals surface area contributed by atoms with Crippen molar-refractivity contribution in [3.63, 3.8) is 0 Å². The minimum atomic E-state index is -3.63. The van der Waals surface area contributed by atoms with Crippen molar-refractivity contribution in [1.29, 1.82) is 0 Å². The van der Waals surface area contributed by atoms with Crippen LogP contribution in [0.3, 0.4) is 0 Å². The van der Waals surface area contributed by atoms with E-state index in [0.717, 1.165) is 21.1 Å². The van der Waals surface area contributed by atoms with E-state index in [9.17, 15) is 13.2 Å². The zero-order valence-electron chi connectivity index (χ0n) is 17.6. The van der Waals surface area contributed by atoms with Gasteiger partial charge in [-0.25, -0.2) is 13.4 Å². The van der Waals surface area contributed by atoms with Crippen LogP contribution >= 0.6 is 22.7 Å². The van der Waals surface area contributed by atoms with Crippen molar-refractivity contribution in [2.24, 2.45) is 0 Å². The molecule has 4 heterocycles. The second-order valence-electron chi connectivity index (χ2n) is 7.82. The summed E-state index contributed by atoms with van der Waals surface area (Å²) in [5.41, 5.74) is 0.855. The van der Waals surface area contributed by atoms with E-state index in [1.807, 2.05) is 18.2 Å². The molecule has 11 heteroatoms. The Kier molecular flexibility index (Phi) is 5.82. The number of piperazine rings is 1. The first-order valence-electron chi connectivity index (χ1n) is 10.5. The number of nitrogens with zero attached hydrogens (tertiary/aromatic N) is 4. The summed E-state index contributed by atoms with van der Waals surface area (Å²) in [4.78, 5) is 22.0. The Balaban J connectivity index is 1.27. The normalized spacial score (nSPS) is 20.2. The standard InChI is InChI=1S/C21H24N4O4S3/c1-29-16-6-2-7-17-19(16)22-21(31-17)24-12-10-23(11-13-24)20(26)15-5-3-9-25(15)32(27,28)18-8-4-14-30-18/h2,4,6-8,14-15H,3,5,9-13H2,1H3/t15-/m0/s1. The van der Waals surface area contributed by atoms with E-state index < -0.39 is 16.1 Å². The fourth-order valence-corrected chi connectivity index (χ4v) is 8.15. The molecular weight excluding hydrogens is 468 g/mol. The van der Waals surface area contributed by atoms with Crippen LogP contribution in [-0.2, 0) is 14.8 Å². The number of para-hydroxylation sites is 1. The molecule has 2 aliphatic heterocycles. The van der Waals surface area contributed by atoms with E-state index in [1.54, 1.807) is 40.9 Å². The summed E-state index contributed by atoms with van der Waals surface area (Å²) < 4.78 is 34.2. The Morgan fingerprint density at radius 2 is 1.94 bits per heavy atom. The number of benzene rings is 1. The van der Waals surface area contributed by atoms with Gasteiger partial charge in [0.05, 0.1) is 11.8 Å². The maximum atomic E-state index is 13.3. The quantitative estimate of drug-likeness (QED) is 0.545. The van der Waals surface area contributed by atoms with Crippen molar-refractivity contribution >= 4 is 54.0 Å². The molecule has 0 N–H and O–H groups in total. The third kappa shape index (κ3) is 3.76. The van der Waals surface area contributed by atoms with Crippen LogP contribution < -0.4 is 9.64 Å². The molecule has 2 aromatic heterocycles. The summed E-state index contributed by atoms with van der Waals surface area (Å²) in [6.45, 7) is 2.82. The summed E-state index contributed by atoms with van der Waals surface area (Å²) in [7, 11) is -1.99. The van der Waals surface area contributed by atoms with Crippen molar-refractivity contribution in [2.75, 3.05) is 44.7 Å². The average Bonchev–Trinajstić information content (AvgIpc) is 3.58. The molecule has 3 aromatic rings. The number of sulfonamides is 1. The molecule has 2 saturated heterocycles. The van der Waals surface area contributed by atoms with E-state index in [-0.39, 0.29) is 5.91 Å². The molecule has 5 rings (SSSR count). The number of hydrogen-bond donors (Lipinski definition) is 0. The molecule has 0 unspecified atom stereocenters. The number of anilines is 1.